The summed E-state index contributed by atoms with van der Waals surface area (Å²) < 4.78 is 16.8. The highest BCUT2D eigenvalue weighted by Gasteiger charge is 2.34. The van der Waals surface area contributed by atoms with E-state index in [1.165, 1.54) is 22.7 Å². The molecular formula is C52H50N2O6S4+2. The van der Waals surface area contributed by atoms with E-state index in [1.54, 1.807) is 61.6 Å². The van der Waals surface area contributed by atoms with Crippen LogP contribution in [0.25, 0.3) is 11.4 Å². The number of thioether (sulfide) groups is 2. The van der Waals surface area contributed by atoms with Gasteiger partial charge in [0.2, 0.25) is 22.9 Å². The minimum absolute atomic E-state index is 0.0271. The van der Waals surface area contributed by atoms with Crippen molar-refractivity contribution in [1.29, 1.82) is 0 Å². The summed E-state index contributed by atoms with van der Waals surface area (Å²) in [6, 6.07) is 31.1. The summed E-state index contributed by atoms with van der Waals surface area (Å²) in [6.07, 6.45) is 8.09. The quantitative estimate of drug-likeness (QED) is 0.0364. The molecule has 0 atom stereocenters. The molecule has 7 aromatic rings. The number of benzene rings is 3. The third-order valence-electron chi connectivity index (χ3n) is 10.2. The van der Waals surface area contributed by atoms with Gasteiger partial charge in [-0.3, -0.25) is 19.2 Å². The number of carbonyl (C=O) groups excluding carboxylic acids is 4. The molecule has 0 spiro atoms. The van der Waals surface area contributed by atoms with Crippen molar-refractivity contribution >= 4 is 69.7 Å². The van der Waals surface area contributed by atoms with Gasteiger partial charge in [-0.25, -0.2) is 0 Å². The van der Waals surface area contributed by atoms with E-state index >= 15 is 0 Å². The molecule has 326 valence electrons. The third-order valence-corrected chi connectivity index (χ3v) is 15.3. The number of hydrogen-bond donors (Lipinski definition) is 0. The highest BCUT2D eigenvalue weighted by Crippen LogP contribution is 2.42. The van der Waals surface area contributed by atoms with Crippen molar-refractivity contribution in [2.75, 3.05) is 13.2 Å². The number of esters is 2. The SMILES string of the molecule is CCOC(=O)Cc1c(C(=O)c2ccccc2)sc(SCc2ccc(CSc3sc(C(=O)c4ccccc4)c(CC(=O)OCC)c3-[n+]3cc(C)cc(C)c3)cc2)c1-[n+]1cc(C)cc(C)c1. The average molecular weight is 927 g/mol. The average Bonchev–Trinajstić information content (AvgIpc) is 3.82. The Hall–Kier alpha value is -5.66. The molecule has 64 heavy (non-hydrogen) atoms. The van der Waals surface area contributed by atoms with E-state index in [2.05, 4.69) is 36.4 Å². The lowest BCUT2D eigenvalue weighted by atomic mass is 10.0. The predicted octanol–water partition coefficient (Wildman–Crippen LogP) is 10.9. The van der Waals surface area contributed by atoms with Crippen LogP contribution in [0, 0.1) is 27.7 Å². The minimum Gasteiger partial charge on any atom is -0.466 e. The first-order valence-electron chi connectivity index (χ1n) is 21.1. The van der Waals surface area contributed by atoms with Crippen molar-refractivity contribution < 1.29 is 37.8 Å². The Morgan fingerprint density at radius 3 is 1.19 bits per heavy atom. The fourth-order valence-electron chi connectivity index (χ4n) is 7.54. The molecule has 7 rings (SSSR count). The van der Waals surface area contributed by atoms with Crippen molar-refractivity contribution in [3.05, 3.63) is 187 Å². The van der Waals surface area contributed by atoms with Gasteiger partial charge in [0.05, 0.1) is 46.9 Å². The highest BCUT2D eigenvalue weighted by atomic mass is 32.2. The first-order valence-corrected chi connectivity index (χ1v) is 24.7. The second-order valence-corrected chi connectivity index (χ2v) is 20.0. The topological polar surface area (TPSA) is 94.5 Å². The number of nitrogens with zero attached hydrogens (tertiary/aromatic N) is 2. The van der Waals surface area contributed by atoms with Crippen LogP contribution < -0.4 is 9.13 Å². The molecule has 0 aliphatic heterocycles. The van der Waals surface area contributed by atoms with Crippen molar-refractivity contribution in [3.8, 4) is 11.4 Å². The fraction of sp³-hybridized carbons (Fsp3) is 0.231. The summed E-state index contributed by atoms with van der Waals surface area (Å²) in [5.41, 5.74) is 10.5. The van der Waals surface area contributed by atoms with Gasteiger partial charge in [-0.15, -0.1) is 46.2 Å². The molecule has 12 heteroatoms. The first-order chi connectivity index (χ1) is 30.9. The Bertz CT molecular complexity index is 2580. The van der Waals surface area contributed by atoms with Crippen LogP contribution >= 0.6 is 46.2 Å². The van der Waals surface area contributed by atoms with Gasteiger partial charge in [0.1, 0.15) is 8.42 Å². The van der Waals surface area contributed by atoms with E-state index in [4.69, 9.17) is 9.47 Å². The number of aromatic nitrogens is 2. The number of rotatable bonds is 18. The summed E-state index contributed by atoms with van der Waals surface area (Å²) in [7, 11) is 0. The molecule has 0 amide bonds. The van der Waals surface area contributed by atoms with Crippen molar-refractivity contribution in [2.45, 2.75) is 74.3 Å². The number of ether oxygens (including phenoxy) is 2. The van der Waals surface area contributed by atoms with Crippen LogP contribution in [0.4, 0.5) is 0 Å². The zero-order valence-corrected chi connectivity index (χ0v) is 40.0. The molecule has 8 nitrogen and oxygen atoms in total. The van der Waals surface area contributed by atoms with Crippen LogP contribution in [0.2, 0.25) is 0 Å². The molecule has 0 saturated heterocycles. The van der Waals surface area contributed by atoms with Gasteiger partial charge in [0, 0.05) is 44.9 Å². The van der Waals surface area contributed by atoms with Crippen LogP contribution in [-0.2, 0) is 43.4 Å². The molecule has 3 aromatic carbocycles. The van der Waals surface area contributed by atoms with Gasteiger partial charge < -0.3 is 9.47 Å². The molecule has 0 unspecified atom stereocenters. The maximum absolute atomic E-state index is 14.1. The summed E-state index contributed by atoms with van der Waals surface area (Å²) in [5, 5.41) is 0. The summed E-state index contributed by atoms with van der Waals surface area (Å²) in [6.45, 7) is 12.2. The maximum atomic E-state index is 14.1. The zero-order chi connectivity index (χ0) is 45.3. The van der Waals surface area contributed by atoms with Crippen molar-refractivity contribution in [2.24, 2.45) is 0 Å². The number of aryl methyl sites for hydroxylation is 4. The second-order valence-electron chi connectivity index (χ2n) is 15.4. The first kappa shape index (κ1) is 46.3. The van der Waals surface area contributed by atoms with Gasteiger partial charge in [0.25, 0.3) is 0 Å². The van der Waals surface area contributed by atoms with Crippen molar-refractivity contribution in [3.63, 3.8) is 0 Å². The lowest BCUT2D eigenvalue weighted by Gasteiger charge is -2.07. The van der Waals surface area contributed by atoms with Crippen LogP contribution in [0.5, 0.6) is 0 Å². The third kappa shape index (κ3) is 11.2. The Balaban J connectivity index is 1.19. The lowest BCUT2D eigenvalue weighted by Crippen LogP contribution is -2.33. The summed E-state index contributed by atoms with van der Waals surface area (Å²) in [5.74, 6) is 0.249. The summed E-state index contributed by atoms with van der Waals surface area (Å²) >= 11 is 6.13. The molecule has 0 radical (unpaired) electrons. The molecule has 0 aliphatic rings. The molecule has 0 fully saturated rings. The fourth-order valence-corrected chi connectivity index (χ4v) is 12.6. The van der Waals surface area contributed by atoms with Crippen LogP contribution in [-0.4, -0.2) is 36.7 Å². The van der Waals surface area contributed by atoms with E-state index < -0.39 is 0 Å². The van der Waals surface area contributed by atoms with Gasteiger partial charge in [-0.1, -0.05) is 84.9 Å². The standard InChI is InChI=1S/C52H50N2O6S4/c1-7-59-43(55)25-41-45(53-27-33(3)23-34(4)28-53)51(63-49(41)47(57)39-15-11-9-12-16-39)61-31-37-19-21-38(22-20-37)32-62-52-46(54-29-35(5)24-36(6)30-54)42(26-44(56)60-8-2)50(64-52)48(58)40-17-13-10-14-18-40/h9-24,27-30H,7-8,25-26,31-32H2,1-6H3/q+2. The van der Waals surface area contributed by atoms with Crippen LogP contribution in [0.3, 0.4) is 0 Å². The molecule has 4 heterocycles. The largest absolute Gasteiger partial charge is 0.466 e. The molecular weight excluding hydrogens is 877 g/mol. The van der Waals surface area contributed by atoms with Gasteiger partial charge >= 0.3 is 11.9 Å². The lowest BCUT2D eigenvalue weighted by molar-refractivity contribution is -0.599. The number of thiophene rings is 2. The van der Waals surface area contributed by atoms with Gasteiger partial charge in [-0.2, -0.15) is 9.13 Å². The zero-order valence-electron chi connectivity index (χ0n) is 36.8. The van der Waals surface area contributed by atoms with E-state index in [1.807, 2.05) is 98.0 Å². The van der Waals surface area contributed by atoms with E-state index in [-0.39, 0.29) is 49.6 Å². The predicted molar refractivity (Wildman–Crippen MR) is 257 cm³/mol. The Morgan fingerprint density at radius 1 is 0.516 bits per heavy atom. The molecule has 0 aliphatic carbocycles. The number of ketones is 2. The van der Waals surface area contributed by atoms with E-state index in [9.17, 15) is 19.2 Å². The monoisotopic (exact) mass is 926 g/mol. The normalized spacial score (nSPS) is 11.1. The highest BCUT2D eigenvalue weighted by molar-refractivity contribution is 8.00. The van der Waals surface area contributed by atoms with Crippen LogP contribution in [0.15, 0.2) is 130 Å². The van der Waals surface area contributed by atoms with Gasteiger partial charge in [-0.05, 0) is 64.8 Å². The van der Waals surface area contributed by atoms with Crippen LogP contribution in [0.1, 0.15) is 88.8 Å². The summed E-state index contributed by atoms with van der Waals surface area (Å²) in [4.78, 5) is 55.6. The minimum atomic E-state index is -0.379. The number of carbonyl (C=O) groups is 4. The maximum Gasteiger partial charge on any atom is 0.310 e. The van der Waals surface area contributed by atoms with Gasteiger partial charge in [0.15, 0.2) is 24.8 Å². The molecule has 0 saturated carbocycles. The second kappa shape index (κ2) is 21.3. The van der Waals surface area contributed by atoms with Crippen molar-refractivity contribution in [1.82, 2.24) is 0 Å². The Kier molecular flexibility index (Phi) is 15.5. The molecule has 0 bridgehead atoms. The number of pyridine rings is 2. The smallest absolute Gasteiger partial charge is 0.310 e. The molecule has 4 aromatic heterocycles. The van der Waals surface area contributed by atoms with E-state index in [0.29, 0.717) is 43.5 Å². The Labute approximate surface area is 391 Å². The Morgan fingerprint density at radius 2 is 0.859 bits per heavy atom. The number of hydrogen-bond acceptors (Lipinski definition) is 10. The molecule has 0 N–H and O–H groups in total. The van der Waals surface area contributed by atoms with E-state index in [0.717, 1.165) is 53.2 Å².